The molecule has 0 bridgehead atoms. The molecule has 2 rings (SSSR count). The Balaban J connectivity index is 1.97. The summed E-state index contributed by atoms with van der Waals surface area (Å²) in [5, 5.41) is 2.80. The molecule has 0 saturated carbocycles. The average molecular weight is 327 g/mol. The van der Waals surface area contributed by atoms with Crippen molar-refractivity contribution in [3.05, 3.63) is 65.2 Å². The van der Waals surface area contributed by atoms with Gasteiger partial charge in [-0.1, -0.05) is 19.1 Å². The van der Waals surface area contributed by atoms with Crippen LogP contribution in [-0.4, -0.2) is 25.6 Å². The lowest BCUT2D eigenvalue weighted by Gasteiger charge is -2.07. The van der Waals surface area contributed by atoms with Crippen LogP contribution in [0.25, 0.3) is 0 Å². The molecule has 0 aliphatic heterocycles. The first kappa shape index (κ1) is 17.7. The first-order chi connectivity index (χ1) is 11.6. The summed E-state index contributed by atoms with van der Waals surface area (Å²) in [5.74, 6) is -0.566. The molecule has 0 saturated heterocycles. The monoisotopic (exact) mass is 327 g/mol. The number of amides is 1. The summed E-state index contributed by atoms with van der Waals surface area (Å²) in [6.45, 7) is 2.85. The van der Waals surface area contributed by atoms with Gasteiger partial charge in [0.2, 0.25) is 0 Å². The summed E-state index contributed by atoms with van der Waals surface area (Å²) >= 11 is 0. The molecule has 1 N–H and O–H groups in total. The number of esters is 1. The number of rotatable bonds is 7. The van der Waals surface area contributed by atoms with E-state index in [9.17, 15) is 9.59 Å². The van der Waals surface area contributed by atoms with E-state index in [1.807, 2.05) is 19.1 Å². The lowest BCUT2D eigenvalue weighted by Crippen LogP contribution is -2.12. The van der Waals surface area contributed by atoms with E-state index in [0.717, 1.165) is 12.0 Å². The maximum atomic E-state index is 12.2. The third-order valence-corrected chi connectivity index (χ3v) is 3.34. The summed E-state index contributed by atoms with van der Waals surface area (Å²) in [6.07, 6.45) is 0.781. The highest BCUT2D eigenvalue weighted by atomic mass is 16.5. The van der Waals surface area contributed by atoms with Crippen LogP contribution in [-0.2, 0) is 16.1 Å². The van der Waals surface area contributed by atoms with Crippen LogP contribution in [0.5, 0.6) is 0 Å². The highest BCUT2D eigenvalue weighted by Gasteiger charge is 2.09. The number of nitrogens with one attached hydrogen (secondary N) is 1. The number of anilines is 1. The fourth-order valence-corrected chi connectivity index (χ4v) is 2.09. The Bertz CT molecular complexity index is 678. The van der Waals surface area contributed by atoms with Gasteiger partial charge in [-0.3, -0.25) is 4.79 Å². The second-order valence-corrected chi connectivity index (χ2v) is 5.30. The van der Waals surface area contributed by atoms with E-state index in [4.69, 9.17) is 9.47 Å². The standard InChI is InChI=1S/C19H21NO4/c1-3-12-24-19(22)16-8-10-17(11-9-16)20-18(21)15-6-4-14(5-7-15)13-23-2/h4-11H,3,12-13H2,1-2H3,(H,20,21). The fraction of sp³-hybridized carbons (Fsp3) is 0.263. The fourth-order valence-electron chi connectivity index (χ4n) is 2.09. The van der Waals surface area contributed by atoms with Crippen molar-refractivity contribution in [3.63, 3.8) is 0 Å². The van der Waals surface area contributed by atoms with Crippen molar-refractivity contribution < 1.29 is 19.1 Å². The minimum absolute atomic E-state index is 0.208. The summed E-state index contributed by atoms with van der Waals surface area (Å²) in [7, 11) is 1.63. The largest absolute Gasteiger partial charge is 0.462 e. The van der Waals surface area contributed by atoms with Crippen LogP contribution >= 0.6 is 0 Å². The zero-order chi connectivity index (χ0) is 17.4. The number of carbonyl (C=O) groups is 2. The quantitative estimate of drug-likeness (QED) is 0.788. The van der Waals surface area contributed by atoms with E-state index in [-0.39, 0.29) is 11.9 Å². The van der Waals surface area contributed by atoms with Gasteiger partial charge in [0.1, 0.15) is 0 Å². The second-order valence-electron chi connectivity index (χ2n) is 5.30. The third-order valence-electron chi connectivity index (χ3n) is 3.34. The van der Waals surface area contributed by atoms with E-state index in [1.165, 1.54) is 0 Å². The Labute approximate surface area is 141 Å². The minimum atomic E-state index is -0.358. The minimum Gasteiger partial charge on any atom is -0.462 e. The number of ether oxygens (including phenoxy) is 2. The van der Waals surface area contributed by atoms with Gasteiger partial charge in [-0.2, -0.15) is 0 Å². The molecule has 0 unspecified atom stereocenters. The molecule has 0 aliphatic carbocycles. The zero-order valence-electron chi connectivity index (χ0n) is 13.9. The SMILES string of the molecule is CCCOC(=O)c1ccc(NC(=O)c2ccc(COC)cc2)cc1. The van der Waals surface area contributed by atoms with E-state index in [0.29, 0.717) is 30.0 Å². The van der Waals surface area contributed by atoms with Gasteiger partial charge in [0, 0.05) is 18.4 Å². The lowest BCUT2D eigenvalue weighted by atomic mass is 10.1. The summed E-state index contributed by atoms with van der Waals surface area (Å²) in [6, 6.07) is 13.8. The van der Waals surface area contributed by atoms with Crippen LogP contribution in [0.3, 0.4) is 0 Å². The van der Waals surface area contributed by atoms with Crippen molar-refractivity contribution >= 4 is 17.6 Å². The molecule has 126 valence electrons. The summed E-state index contributed by atoms with van der Waals surface area (Å²) < 4.78 is 10.1. The maximum absolute atomic E-state index is 12.2. The Morgan fingerprint density at radius 2 is 1.58 bits per heavy atom. The summed E-state index contributed by atoms with van der Waals surface area (Å²) in [4.78, 5) is 23.9. The van der Waals surface area contributed by atoms with Gasteiger partial charge < -0.3 is 14.8 Å². The highest BCUT2D eigenvalue weighted by Crippen LogP contribution is 2.13. The molecule has 24 heavy (non-hydrogen) atoms. The average Bonchev–Trinajstić information content (AvgIpc) is 2.61. The van der Waals surface area contributed by atoms with Crippen LogP contribution in [0.1, 0.15) is 39.6 Å². The number of benzene rings is 2. The molecule has 0 heterocycles. The molecule has 0 atom stereocenters. The van der Waals surface area contributed by atoms with Crippen molar-refractivity contribution in [2.24, 2.45) is 0 Å². The van der Waals surface area contributed by atoms with Gasteiger partial charge in [-0.15, -0.1) is 0 Å². The molecule has 1 amide bonds. The van der Waals surface area contributed by atoms with Crippen molar-refractivity contribution in [1.82, 2.24) is 0 Å². The van der Waals surface area contributed by atoms with Crippen LogP contribution in [0.15, 0.2) is 48.5 Å². The lowest BCUT2D eigenvalue weighted by molar-refractivity contribution is 0.0505. The van der Waals surface area contributed by atoms with Crippen molar-refractivity contribution in [2.75, 3.05) is 19.0 Å². The molecule has 2 aromatic rings. The molecular formula is C19H21NO4. The smallest absolute Gasteiger partial charge is 0.338 e. The Hall–Kier alpha value is -2.66. The molecular weight excluding hydrogens is 306 g/mol. The van der Waals surface area contributed by atoms with Gasteiger partial charge in [-0.05, 0) is 48.4 Å². The first-order valence-electron chi connectivity index (χ1n) is 7.80. The number of hydrogen-bond acceptors (Lipinski definition) is 4. The molecule has 0 radical (unpaired) electrons. The van der Waals surface area contributed by atoms with Crippen molar-refractivity contribution in [1.29, 1.82) is 0 Å². The number of hydrogen-bond donors (Lipinski definition) is 1. The van der Waals surface area contributed by atoms with Crippen molar-refractivity contribution in [3.8, 4) is 0 Å². The maximum Gasteiger partial charge on any atom is 0.338 e. The Kier molecular flexibility index (Phi) is 6.51. The predicted octanol–water partition coefficient (Wildman–Crippen LogP) is 3.65. The Morgan fingerprint density at radius 1 is 0.958 bits per heavy atom. The molecule has 0 aliphatic rings. The van der Waals surface area contributed by atoms with Crippen LogP contribution in [0.2, 0.25) is 0 Å². The third kappa shape index (κ3) is 4.93. The number of carbonyl (C=O) groups excluding carboxylic acids is 2. The van der Waals surface area contributed by atoms with Gasteiger partial charge in [0.15, 0.2) is 0 Å². The highest BCUT2D eigenvalue weighted by molar-refractivity contribution is 6.04. The predicted molar refractivity (Wildman–Crippen MR) is 92.1 cm³/mol. The van der Waals surface area contributed by atoms with Crippen LogP contribution < -0.4 is 5.32 Å². The number of methoxy groups -OCH3 is 1. The van der Waals surface area contributed by atoms with Crippen LogP contribution in [0, 0.1) is 0 Å². The molecule has 5 nitrogen and oxygen atoms in total. The molecule has 5 heteroatoms. The van der Waals surface area contributed by atoms with Crippen molar-refractivity contribution in [2.45, 2.75) is 20.0 Å². The van der Waals surface area contributed by atoms with Gasteiger partial charge in [-0.25, -0.2) is 4.79 Å². The Morgan fingerprint density at radius 3 is 2.17 bits per heavy atom. The second kappa shape index (κ2) is 8.84. The zero-order valence-corrected chi connectivity index (χ0v) is 13.9. The molecule has 0 spiro atoms. The van der Waals surface area contributed by atoms with Gasteiger partial charge in [0.25, 0.3) is 5.91 Å². The van der Waals surface area contributed by atoms with Gasteiger partial charge >= 0.3 is 5.97 Å². The van der Waals surface area contributed by atoms with E-state index >= 15 is 0 Å². The summed E-state index contributed by atoms with van der Waals surface area (Å²) in [5.41, 5.74) is 2.64. The molecule has 2 aromatic carbocycles. The normalized spacial score (nSPS) is 10.2. The van der Waals surface area contributed by atoms with Crippen LogP contribution in [0.4, 0.5) is 5.69 Å². The first-order valence-corrected chi connectivity index (χ1v) is 7.80. The topological polar surface area (TPSA) is 64.6 Å². The van der Waals surface area contributed by atoms with E-state index < -0.39 is 0 Å². The van der Waals surface area contributed by atoms with Gasteiger partial charge in [0.05, 0.1) is 18.8 Å². The van der Waals surface area contributed by atoms with E-state index in [1.54, 1.807) is 43.5 Å². The molecule has 0 aromatic heterocycles. The molecule has 0 fully saturated rings. The van der Waals surface area contributed by atoms with E-state index in [2.05, 4.69) is 5.32 Å².